The van der Waals surface area contributed by atoms with Crippen LogP contribution >= 0.6 is 45.2 Å². The zero-order valence-electron chi connectivity index (χ0n) is 4.74. The Morgan fingerprint density at radius 1 is 0.875 bits per heavy atom. The summed E-state index contributed by atoms with van der Waals surface area (Å²) in [6.07, 6.45) is 5.84. The van der Waals surface area contributed by atoms with Gasteiger partial charge in [-0.3, -0.25) is 0 Å². The van der Waals surface area contributed by atoms with Crippen molar-refractivity contribution < 1.29 is 0 Å². The standard InChI is InChI=1S/C6H10I2/c7-5-3-1-2-4-6(5)8/h5-6H,1-4H2/t5-,6-/m1/s1. The number of hydrogen-bond donors (Lipinski definition) is 0. The van der Waals surface area contributed by atoms with Gasteiger partial charge in [0.05, 0.1) is 0 Å². The van der Waals surface area contributed by atoms with Crippen molar-refractivity contribution in [2.45, 2.75) is 33.5 Å². The normalized spacial score (nSPS) is 39.8. The smallest absolute Gasteiger partial charge is 0.0227 e. The average molecular weight is 336 g/mol. The lowest BCUT2D eigenvalue weighted by Crippen LogP contribution is -2.17. The Bertz CT molecular complexity index is 62.9. The molecule has 0 N–H and O–H groups in total. The van der Waals surface area contributed by atoms with E-state index in [4.69, 9.17) is 0 Å². The lowest BCUT2D eigenvalue weighted by molar-refractivity contribution is 0.551. The van der Waals surface area contributed by atoms with E-state index in [1.807, 2.05) is 0 Å². The van der Waals surface area contributed by atoms with Crippen molar-refractivity contribution in [1.29, 1.82) is 0 Å². The second-order valence-corrected chi connectivity index (χ2v) is 5.52. The molecule has 48 valence electrons. The van der Waals surface area contributed by atoms with E-state index < -0.39 is 0 Å². The quantitative estimate of drug-likeness (QED) is 0.471. The Hall–Kier alpha value is 1.46. The largest absolute Gasteiger partial charge is 0.0815 e. The van der Waals surface area contributed by atoms with Gasteiger partial charge in [-0.05, 0) is 12.8 Å². The fourth-order valence-corrected chi connectivity index (χ4v) is 2.64. The molecule has 0 radical (unpaired) electrons. The molecule has 0 unspecified atom stereocenters. The van der Waals surface area contributed by atoms with Crippen molar-refractivity contribution in [3.05, 3.63) is 0 Å². The van der Waals surface area contributed by atoms with E-state index in [-0.39, 0.29) is 0 Å². The maximum Gasteiger partial charge on any atom is 0.0227 e. The molecule has 0 aromatic rings. The number of hydrogen-bond acceptors (Lipinski definition) is 0. The third-order valence-electron chi connectivity index (χ3n) is 1.60. The van der Waals surface area contributed by atoms with Crippen LogP contribution in [0.4, 0.5) is 0 Å². The molecular weight excluding hydrogens is 326 g/mol. The second kappa shape index (κ2) is 3.58. The highest BCUT2D eigenvalue weighted by atomic mass is 127. The molecule has 1 aliphatic carbocycles. The average Bonchev–Trinajstić information content (AvgIpc) is 1.77. The monoisotopic (exact) mass is 336 g/mol. The van der Waals surface area contributed by atoms with E-state index in [1.165, 1.54) is 25.7 Å². The van der Waals surface area contributed by atoms with Crippen LogP contribution in [0.3, 0.4) is 0 Å². The van der Waals surface area contributed by atoms with Crippen LogP contribution in [-0.2, 0) is 0 Å². The molecule has 0 heterocycles. The fourth-order valence-electron chi connectivity index (χ4n) is 1.04. The zero-order valence-corrected chi connectivity index (χ0v) is 9.05. The first-order valence-corrected chi connectivity index (χ1v) is 5.58. The first kappa shape index (κ1) is 7.57. The summed E-state index contributed by atoms with van der Waals surface area (Å²) < 4.78 is 1.92. The summed E-state index contributed by atoms with van der Waals surface area (Å²) in [6.45, 7) is 0. The minimum atomic E-state index is 0.960. The van der Waals surface area contributed by atoms with Crippen molar-refractivity contribution in [3.8, 4) is 0 Å². The van der Waals surface area contributed by atoms with Crippen molar-refractivity contribution in [2.24, 2.45) is 0 Å². The zero-order chi connectivity index (χ0) is 5.98. The summed E-state index contributed by atoms with van der Waals surface area (Å²) in [5.74, 6) is 0. The van der Waals surface area contributed by atoms with Crippen LogP contribution in [0.1, 0.15) is 25.7 Å². The summed E-state index contributed by atoms with van der Waals surface area (Å²) in [6, 6.07) is 0. The molecule has 0 aliphatic heterocycles. The lowest BCUT2D eigenvalue weighted by Gasteiger charge is -2.21. The highest BCUT2D eigenvalue weighted by Gasteiger charge is 2.18. The molecule has 2 atom stereocenters. The summed E-state index contributed by atoms with van der Waals surface area (Å²) in [4.78, 5) is 0. The van der Waals surface area contributed by atoms with Gasteiger partial charge in [-0.15, -0.1) is 0 Å². The van der Waals surface area contributed by atoms with Gasteiger partial charge in [-0.25, -0.2) is 0 Å². The van der Waals surface area contributed by atoms with E-state index in [1.54, 1.807) is 0 Å². The fraction of sp³-hybridized carbons (Fsp3) is 1.00. The van der Waals surface area contributed by atoms with Crippen molar-refractivity contribution in [3.63, 3.8) is 0 Å². The van der Waals surface area contributed by atoms with E-state index in [9.17, 15) is 0 Å². The van der Waals surface area contributed by atoms with Crippen molar-refractivity contribution >= 4 is 45.2 Å². The predicted molar refractivity (Wildman–Crippen MR) is 54.1 cm³/mol. The molecule has 0 saturated heterocycles. The number of halogens is 2. The topological polar surface area (TPSA) is 0 Å². The van der Waals surface area contributed by atoms with Gasteiger partial charge in [0.25, 0.3) is 0 Å². The Balaban J connectivity index is 2.28. The van der Waals surface area contributed by atoms with E-state index in [0.29, 0.717) is 0 Å². The van der Waals surface area contributed by atoms with Crippen molar-refractivity contribution in [2.75, 3.05) is 0 Å². The Kier molecular flexibility index (Phi) is 3.39. The maximum atomic E-state index is 2.58. The van der Waals surface area contributed by atoms with E-state index >= 15 is 0 Å². The second-order valence-electron chi connectivity index (χ2n) is 2.32. The third kappa shape index (κ3) is 2.01. The molecule has 0 bridgehead atoms. The lowest BCUT2D eigenvalue weighted by atomic mass is 10.0. The minimum absolute atomic E-state index is 0.960. The van der Waals surface area contributed by atoms with Gasteiger partial charge in [-0.2, -0.15) is 0 Å². The molecule has 1 rings (SSSR count). The molecular formula is C6H10I2. The molecule has 1 saturated carbocycles. The van der Waals surface area contributed by atoms with Gasteiger partial charge in [0.1, 0.15) is 0 Å². The van der Waals surface area contributed by atoms with Gasteiger partial charge < -0.3 is 0 Å². The molecule has 1 fully saturated rings. The molecule has 8 heavy (non-hydrogen) atoms. The number of rotatable bonds is 0. The van der Waals surface area contributed by atoms with Crippen LogP contribution in [0.5, 0.6) is 0 Å². The summed E-state index contributed by atoms with van der Waals surface area (Å²) in [7, 11) is 0. The molecule has 1 aliphatic rings. The van der Waals surface area contributed by atoms with Gasteiger partial charge in [0, 0.05) is 7.85 Å². The van der Waals surface area contributed by atoms with Crippen LogP contribution in [0.2, 0.25) is 0 Å². The predicted octanol–water partition coefficient (Wildman–Crippen LogP) is 3.17. The Morgan fingerprint density at radius 3 is 1.50 bits per heavy atom. The maximum absolute atomic E-state index is 2.58. The van der Waals surface area contributed by atoms with E-state index in [2.05, 4.69) is 45.2 Å². The molecule has 0 spiro atoms. The third-order valence-corrected chi connectivity index (χ3v) is 5.96. The van der Waals surface area contributed by atoms with E-state index in [0.717, 1.165) is 7.85 Å². The van der Waals surface area contributed by atoms with Crippen LogP contribution in [0.15, 0.2) is 0 Å². The van der Waals surface area contributed by atoms with Crippen LogP contribution in [-0.4, -0.2) is 7.85 Å². The van der Waals surface area contributed by atoms with Gasteiger partial charge in [-0.1, -0.05) is 58.0 Å². The first-order chi connectivity index (χ1) is 3.80. The summed E-state index contributed by atoms with van der Waals surface area (Å²) >= 11 is 5.15. The van der Waals surface area contributed by atoms with Gasteiger partial charge in [0.15, 0.2) is 0 Å². The molecule has 0 aromatic carbocycles. The Morgan fingerprint density at radius 2 is 1.25 bits per heavy atom. The van der Waals surface area contributed by atoms with Crippen molar-refractivity contribution in [1.82, 2.24) is 0 Å². The van der Waals surface area contributed by atoms with Crippen LogP contribution < -0.4 is 0 Å². The highest BCUT2D eigenvalue weighted by Crippen LogP contribution is 2.30. The van der Waals surface area contributed by atoms with Gasteiger partial charge >= 0.3 is 0 Å². The highest BCUT2D eigenvalue weighted by molar-refractivity contribution is 14.1. The SMILES string of the molecule is I[C@@H]1CCCC[C@H]1I. The molecule has 0 amide bonds. The summed E-state index contributed by atoms with van der Waals surface area (Å²) in [5.41, 5.74) is 0. The molecule has 0 nitrogen and oxygen atoms in total. The first-order valence-electron chi connectivity index (χ1n) is 3.09. The van der Waals surface area contributed by atoms with Crippen LogP contribution in [0, 0.1) is 0 Å². The Labute approximate surface area is 78.1 Å². The molecule has 0 aromatic heterocycles. The number of alkyl halides is 2. The molecule has 2 heteroatoms. The summed E-state index contributed by atoms with van der Waals surface area (Å²) in [5, 5.41) is 0. The minimum Gasteiger partial charge on any atom is -0.0815 e. The van der Waals surface area contributed by atoms with Crippen LogP contribution in [0.25, 0.3) is 0 Å². The van der Waals surface area contributed by atoms with Gasteiger partial charge in [0.2, 0.25) is 0 Å².